The highest BCUT2D eigenvalue weighted by Gasteiger charge is 2.21. The molecule has 1 heterocycles. The quantitative estimate of drug-likeness (QED) is 0.636. The number of halogens is 1. The number of nitrogens with two attached hydrogens (primary N) is 1. The summed E-state index contributed by atoms with van der Waals surface area (Å²) in [5, 5.41) is 4.06. The van der Waals surface area contributed by atoms with Crippen molar-refractivity contribution in [2.24, 2.45) is 5.73 Å². The Bertz CT molecular complexity index is 819. The smallest absolute Gasteiger partial charge is 0.256 e. The van der Waals surface area contributed by atoms with Crippen LogP contribution in [-0.2, 0) is 0 Å². The van der Waals surface area contributed by atoms with E-state index in [0.29, 0.717) is 16.5 Å². The molecular formula is C20H26ClN3O2S. The number of carbonyl (C=O) groups excluding carboxylic acids is 1. The Balaban J connectivity index is 2.52. The lowest BCUT2D eigenvalue weighted by molar-refractivity contribution is 0.0998. The number of thioether (sulfide) groups is 1. The lowest BCUT2D eigenvalue weighted by atomic mass is 10.1. The SMILES string of the molecule is CCC(CSC)Nc1cc(C)nc(Oc2c(C)cc(Cl)cc2C)c1C(N)=O. The number of ether oxygens (including phenoxy) is 1. The second kappa shape index (κ2) is 9.33. The van der Waals surface area contributed by atoms with E-state index in [1.54, 1.807) is 11.8 Å². The van der Waals surface area contributed by atoms with Crippen LogP contribution in [0.3, 0.4) is 0 Å². The van der Waals surface area contributed by atoms with Gasteiger partial charge in [-0.05, 0) is 62.8 Å². The van der Waals surface area contributed by atoms with Crippen LogP contribution in [0.25, 0.3) is 0 Å². The van der Waals surface area contributed by atoms with E-state index in [1.807, 2.05) is 39.0 Å². The zero-order valence-electron chi connectivity index (χ0n) is 16.4. The predicted octanol–water partition coefficient (Wildman–Crippen LogP) is 5.10. The summed E-state index contributed by atoms with van der Waals surface area (Å²) >= 11 is 7.85. The predicted molar refractivity (Wildman–Crippen MR) is 115 cm³/mol. The van der Waals surface area contributed by atoms with Gasteiger partial charge in [0.1, 0.15) is 11.3 Å². The van der Waals surface area contributed by atoms with E-state index in [4.69, 9.17) is 22.1 Å². The number of rotatable bonds is 8. The van der Waals surface area contributed by atoms with E-state index in [2.05, 4.69) is 23.5 Å². The summed E-state index contributed by atoms with van der Waals surface area (Å²) in [5.41, 5.74) is 9.05. The summed E-state index contributed by atoms with van der Waals surface area (Å²) in [7, 11) is 0. The van der Waals surface area contributed by atoms with Crippen LogP contribution in [0, 0.1) is 20.8 Å². The van der Waals surface area contributed by atoms with Crippen molar-refractivity contribution in [2.45, 2.75) is 40.2 Å². The first-order valence-electron chi connectivity index (χ1n) is 8.78. The molecule has 1 aromatic heterocycles. The molecule has 0 saturated heterocycles. The monoisotopic (exact) mass is 407 g/mol. The molecule has 0 aliphatic heterocycles. The van der Waals surface area contributed by atoms with Crippen LogP contribution in [0.15, 0.2) is 18.2 Å². The fourth-order valence-electron chi connectivity index (χ4n) is 2.91. The van der Waals surface area contributed by atoms with Crippen molar-refractivity contribution in [2.75, 3.05) is 17.3 Å². The van der Waals surface area contributed by atoms with Gasteiger partial charge in [-0.15, -0.1) is 0 Å². The molecule has 7 heteroatoms. The van der Waals surface area contributed by atoms with Gasteiger partial charge >= 0.3 is 0 Å². The summed E-state index contributed by atoms with van der Waals surface area (Å²) in [6.07, 6.45) is 2.98. The van der Waals surface area contributed by atoms with Crippen molar-refractivity contribution < 1.29 is 9.53 Å². The van der Waals surface area contributed by atoms with Gasteiger partial charge in [-0.25, -0.2) is 4.98 Å². The summed E-state index contributed by atoms with van der Waals surface area (Å²) in [6.45, 7) is 7.76. The van der Waals surface area contributed by atoms with Gasteiger partial charge in [0.15, 0.2) is 0 Å². The van der Waals surface area contributed by atoms with Crippen molar-refractivity contribution in [3.63, 3.8) is 0 Å². The maximum absolute atomic E-state index is 12.2. The molecule has 3 N–H and O–H groups in total. The molecule has 0 aliphatic carbocycles. The largest absolute Gasteiger partial charge is 0.438 e. The number of pyridine rings is 1. The minimum Gasteiger partial charge on any atom is -0.438 e. The number of benzene rings is 1. The maximum atomic E-state index is 12.2. The van der Waals surface area contributed by atoms with Crippen molar-refractivity contribution in [1.29, 1.82) is 0 Å². The number of nitrogens with zero attached hydrogens (tertiary/aromatic N) is 1. The molecule has 27 heavy (non-hydrogen) atoms. The minimum atomic E-state index is -0.580. The maximum Gasteiger partial charge on any atom is 0.256 e. The number of hydrogen-bond acceptors (Lipinski definition) is 5. The van der Waals surface area contributed by atoms with Crippen molar-refractivity contribution in [1.82, 2.24) is 4.98 Å². The van der Waals surface area contributed by atoms with Crippen molar-refractivity contribution >= 4 is 35.0 Å². The third-order valence-corrected chi connectivity index (χ3v) is 5.16. The van der Waals surface area contributed by atoms with E-state index in [-0.39, 0.29) is 17.5 Å². The normalized spacial score (nSPS) is 11.9. The van der Waals surface area contributed by atoms with Gasteiger partial charge in [-0.1, -0.05) is 18.5 Å². The highest BCUT2D eigenvalue weighted by atomic mass is 35.5. The van der Waals surface area contributed by atoms with Gasteiger partial charge in [-0.2, -0.15) is 11.8 Å². The van der Waals surface area contributed by atoms with Crippen LogP contribution in [-0.4, -0.2) is 28.9 Å². The Kier molecular flexibility index (Phi) is 7.39. The molecule has 5 nitrogen and oxygen atoms in total. The number of anilines is 1. The summed E-state index contributed by atoms with van der Waals surface area (Å²) < 4.78 is 6.07. The van der Waals surface area contributed by atoms with E-state index in [0.717, 1.165) is 29.0 Å². The Morgan fingerprint density at radius 3 is 2.44 bits per heavy atom. The van der Waals surface area contributed by atoms with Crippen LogP contribution >= 0.6 is 23.4 Å². The summed E-state index contributed by atoms with van der Waals surface area (Å²) in [5.74, 6) is 1.17. The zero-order chi connectivity index (χ0) is 20.1. The van der Waals surface area contributed by atoms with Crippen molar-refractivity contribution in [3.8, 4) is 11.6 Å². The molecule has 146 valence electrons. The lowest BCUT2D eigenvalue weighted by Crippen LogP contribution is -2.25. The summed E-state index contributed by atoms with van der Waals surface area (Å²) in [6, 6.07) is 5.67. The van der Waals surface area contributed by atoms with Gasteiger partial charge in [0.25, 0.3) is 5.91 Å². The first kappa shape index (κ1) is 21.4. The van der Waals surface area contributed by atoms with Gasteiger partial charge in [0.2, 0.25) is 5.88 Å². The molecule has 1 amide bonds. The van der Waals surface area contributed by atoms with Gasteiger partial charge in [0, 0.05) is 22.5 Å². The molecule has 1 aromatic carbocycles. The molecule has 0 fully saturated rings. The van der Waals surface area contributed by atoms with Crippen molar-refractivity contribution in [3.05, 3.63) is 45.6 Å². The highest BCUT2D eigenvalue weighted by Crippen LogP contribution is 2.35. The molecule has 0 bridgehead atoms. The second-order valence-corrected chi connectivity index (χ2v) is 7.88. The molecule has 1 atom stereocenters. The summed E-state index contributed by atoms with van der Waals surface area (Å²) in [4.78, 5) is 16.7. The molecular weight excluding hydrogens is 382 g/mol. The topological polar surface area (TPSA) is 77.2 Å². The average Bonchev–Trinajstić information content (AvgIpc) is 2.56. The van der Waals surface area contributed by atoms with Crippen LogP contribution in [0.2, 0.25) is 5.02 Å². The first-order chi connectivity index (χ1) is 12.8. The van der Waals surface area contributed by atoms with Crippen LogP contribution < -0.4 is 15.8 Å². The molecule has 0 aliphatic rings. The third-order valence-electron chi connectivity index (χ3n) is 4.20. The van der Waals surface area contributed by atoms with E-state index >= 15 is 0 Å². The van der Waals surface area contributed by atoms with E-state index in [9.17, 15) is 4.79 Å². The fourth-order valence-corrected chi connectivity index (χ4v) is 3.96. The van der Waals surface area contributed by atoms with Gasteiger partial charge in [-0.3, -0.25) is 4.79 Å². The number of aryl methyl sites for hydroxylation is 3. The van der Waals surface area contributed by atoms with Gasteiger partial charge < -0.3 is 15.8 Å². The van der Waals surface area contributed by atoms with Crippen LogP contribution in [0.1, 0.15) is 40.5 Å². The third kappa shape index (κ3) is 5.30. The molecule has 2 aromatic rings. The lowest BCUT2D eigenvalue weighted by Gasteiger charge is -2.21. The average molecular weight is 408 g/mol. The number of carbonyl (C=O) groups is 1. The molecule has 2 rings (SSSR count). The van der Waals surface area contributed by atoms with E-state index < -0.39 is 5.91 Å². The molecule has 0 radical (unpaired) electrons. The van der Waals surface area contributed by atoms with Crippen LogP contribution in [0.5, 0.6) is 11.6 Å². The number of hydrogen-bond donors (Lipinski definition) is 2. The number of primary amides is 1. The Hall–Kier alpha value is -1.92. The highest BCUT2D eigenvalue weighted by molar-refractivity contribution is 7.98. The Morgan fingerprint density at radius 1 is 1.30 bits per heavy atom. The molecule has 1 unspecified atom stereocenters. The Morgan fingerprint density at radius 2 is 1.93 bits per heavy atom. The molecule has 0 saturated carbocycles. The standard InChI is InChI=1S/C20H26ClN3O2S/c1-6-15(10-27-5)24-16-9-13(4)23-20(17(16)19(22)25)26-18-11(2)7-14(21)8-12(18)3/h7-9,15H,6,10H2,1-5H3,(H2,22,25)(H,23,24). The molecule has 0 spiro atoms. The van der Waals surface area contributed by atoms with Crippen LogP contribution in [0.4, 0.5) is 5.69 Å². The minimum absolute atomic E-state index is 0.206. The van der Waals surface area contributed by atoms with E-state index in [1.165, 1.54) is 0 Å². The number of aromatic nitrogens is 1. The zero-order valence-corrected chi connectivity index (χ0v) is 17.9. The van der Waals surface area contributed by atoms with Gasteiger partial charge in [0.05, 0.1) is 5.69 Å². The Labute approximate surface area is 170 Å². The fraction of sp³-hybridized carbons (Fsp3) is 0.400. The first-order valence-corrected chi connectivity index (χ1v) is 10.6. The number of nitrogens with one attached hydrogen (secondary N) is 1. The number of amides is 1. The second-order valence-electron chi connectivity index (χ2n) is 6.53.